The minimum Gasteiger partial charge on any atom is -0.508 e. The molecule has 11 nitrogen and oxygen atoms in total. The molecular formula is C28H32N2O9. The van der Waals surface area contributed by atoms with Gasteiger partial charge in [-0.1, -0.05) is 31.9 Å². The monoisotopic (exact) mass is 540 g/mol. The minimum atomic E-state index is -2.94. The van der Waals surface area contributed by atoms with Crippen molar-refractivity contribution >= 4 is 29.2 Å². The Kier molecular flexibility index (Phi) is 6.34. The summed E-state index contributed by atoms with van der Waals surface area (Å²) in [5.41, 5.74) is 1.60. The normalized spacial score (nSPS) is 32.7. The van der Waals surface area contributed by atoms with Gasteiger partial charge in [0.25, 0.3) is 5.91 Å². The predicted molar refractivity (Wildman–Crippen MR) is 136 cm³/mol. The van der Waals surface area contributed by atoms with Crippen LogP contribution < -0.4 is 5.73 Å². The molecule has 11 heteroatoms. The fourth-order valence-corrected chi connectivity index (χ4v) is 7.08. The van der Waals surface area contributed by atoms with Gasteiger partial charge < -0.3 is 30.9 Å². The van der Waals surface area contributed by atoms with Crippen molar-refractivity contribution in [3.8, 4) is 5.75 Å². The van der Waals surface area contributed by atoms with Crippen LogP contribution in [-0.4, -0.2) is 80.6 Å². The first-order valence-electron chi connectivity index (χ1n) is 13.0. The van der Waals surface area contributed by atoms with Gasteiger partial charge in [0.1, 0.15) is 28.9 Å². The smallest absolute Gasteiger partial charge is 0.309 e. The van der Waals surface area contributed by atoms with E-state index in [9.17, 15) is 39.6 Å². The molecule has 0 aromatic heterocycles. The lowest BCUT2D eigenvalue weighted by Crippen LogP contribution is -2.71. The Labute approximate surface area is 224 Å². The average Bonchev–Trinajstić information content (AvgIpc) is 3.41. The van der Waals surface area contributed by atoms with E-state index in [4.69, 9.17) is 10.5 Å². The standard InChI is InChI=1S/C28H32N2O9/c1-11-13-9-6-10-14(31)16(13)21(32)17-15(11)23(39-27(37)12-7-4-5-8-12)19-20(30(2)3)22(33)18(26(29)36)25(35)28(19,38)24(17)34/h6,9-12,15,19-20,23,31-32,35,38H,4-5,7-8H2,1-3H3,(H2,29,36)/t11-,15+,19+,20-,23-,28-/m1/s1. The number of nitrogens with two attached hydrogens (primary N) is 1. The highest BCUT2D eigenvalue weighted by Gasteiger charge is 2.69. The van der Waals surface area contributed by atoms with E-state index in [1.54, 1.807) is 19.1 Å². The van der Waals surface area contributed by atoms with E-state index in [-0.39, 0.29) is 16.9 Å². The molecule has 0 aliphatic heterocycles. The number of likely N-dealkylation sites (N-methyl/N-ethyl adjacent to an activating group) is 1. The van der Waals surface area contributed by atoms with Crippen molar-refractivity contribution in [3.05, 3.63) is 46.2 Å². The summed E-state index contributed by atoms with van der Waals surface area (Å²) >= 11 is 0. The largest absolute Gasteiger partial charge is 0.508 e. The number of amides is 1. The fourth-order valence-electron chi connectivity index (χ4n) is 7.08. The van der Waals surface area contributed by atoms with E-state index >= 15 is 0 Å². The van der Waals surface area contributed by atoms with Gasteiger partial charge in [0, 0.05) is 11.5 Å². The summed E-state index contributed by atoms with van der Waals surface area (Å²) in [6.07, 6.45) is 1.48. The van der Waals surface area contributed by atoms with Gasteiger partial charge in [-0.3, -0.25) is 24.1 Å². The molecule has 6 N–H and O–H groups in total. The minimum absolute atomic E-state index is 0.0258. The number of primary amides is 1. The zero-order valence-electron chi connectivity index (χ0n) is 21.9. The number of esters is 1. The van der Waals surface area contributed by atoms with Crippen LogP contribution in [0.2, 0.25) is 0 Å². The van der Waals surface area contributed by atoms with Crippen molar-refractivity contribution in [2.75, 3.05) is 14.1 Å². The van der Waals surface area contributed by atoms with Crippen LogP contribution in [0, 0.1) is 17.8 Å². The first-order valence-corrected chi connectivity index (χ1v) is 13.0. The zero-order chi connectivity index (χ0) is 28.5. The number of aliphatic hydroxyl groups is 3. The van der Waals surface area contributed by atoms with Gasteiger partial charge in [0.15, 0.2) is 11.4 Å². The summed E-state index contributed by atoms with van der Waals surface area (Å²) in [7, 11) is 2.98. The van der Waals surface area contributed by atoms with Crippen LogP contribution in [0.25, 0.3) is 5.76 Å². The molecule has 0 saturated heterocycles. The Morgan fingerprint density at radius 1 is 1.10 bits per heavy atom. The lowest BCUT2D eigenvalue weighted by molar-refractivity contribution is -0.187. The fraction of sp³-hybridized carbons (Fsp3) is 0.500. The number of Topliss-reactive ketones (excluding diaryl/α,β-unsaturated/α-hetero) is 2. The summed E-state index contributed by atoms with van der Waals surface area (Å²) in [6, 6.07) is 3.17. The topological polar surface area (TPSA) is 188 Å². The number of hydrogen-bond acceptors (Lipinski definition) is 10. The molecule has 39 heavy (non-hydrogen) atoms. The van der Waals surface area contributed by atoms with Gasteiger partial charge >= 0.3 is 5.97 Å². The summed E-state index contributed by atoms with van der Waals surface area (Å²) in [5.74, 6) is -9.84. The number of aliphatic hydroxyl groups excluding tert-OH is 2. The molecule has 0 unspecified atom stereocenters. The lowest BCUT2D eigenvalue weighted by atomic mass is 9.54. The molecule has 2 fully saturated rings. The SMILES string of the molecule is C[C@@H]1c2cccc(O)c2C(O)=C2C(=O)[C@@]3(O)C(O)=C(C(N)=O)C(=O)[C@H](N(C)C)[C@H]3[C@H](OC(=O)C3CCCC3)[C@H]21. The van der Waals surface area contributed by atoms with E-state index in [1.807, 2.05) is 0 Å². The highest BCUT2D eigenvalue weighted by Crippen LogP contribution is 2.57. The number of aromatic hydroxyl groups is 1. The van der Waals surface area contributed by atoms with Crippen molar-refractivity contribution in [2.45, 2.75) is 56.3 Å². The molecule has 2 saturated carbocycles. The van der Waals surface area contributed by atoms with Crippen LogP contribution in [0.15, 0.2) is 35.1 Å². The number of phenols is 1. The van der Waals surface area contributed by atoms with Gasteiger partial charge in [-0.25, -0.2) is 0 Å². The molecule has 208 valence electrons. The van der Waals surface area contributed by atoms with Gasteiger partial charge in [0.05, 0.1) is 23.4 Å². The van der Waals surface area contributed by atoms with Crippen molar-refractivity contribution in [3.63, 3.8) is 0 Å². The number of phenolic OH excluding ortho intramolecular Hbond substituents is 1. The highest BCUT2D eigenvalue weighted by molar-refractivity contribution is 6.24. The summed E-state index contributed by atoms with van der Waals surface area (Å²) in [6.45, 7) is 1.73. The van der Waals surface area contributed by atoms with E-state index < -0.39 is 82.0 Å². The molecule has 4 aliphatic carbocycles. The third-order valence-electron chi connectivity index (χ3n) is 8.91. The van der Waals surface area contributed by atoms with Crippen LogP contribution in [0.5, 0.6) is 5.75 Å². The summed E-state index contributed by atoms with van der Waals surface area (Å²) in [4.78, 5) is 54.7. The second-order valence-corrected chi connectivity index (χ2v) is 11.2. The van der Waals surface area contributed by atoms with Crippen LogP contribution in [0.1, 0.15) is 49.7 Å². The number of fused-ring (bicyclic) bond motifs is 3. The molecule has 0 bridgehead atoms. The molecule has 1 amide bonds. The van der Waals surface area contributed by atoms with Crippen LogP contribution in [-0.2, 0) is 23.9 Å². The number of ether oxygens (including phenoxy) is 1. The number of ketones is 2. The Morgan fingerprint density at radius 3 is 2.33 bits per heavy atom. The molecule has 4 aliphatic rings. The molecule has 5 rings (SSSR count). The van der Waals surface area contributed by atoms with Gasteiger partial charge in [-0.2, -0.15) is 0 Å². The van der Waals surface area contributed by atoms with E-state index in [0.29, 0.717) is 18.4 Å². The Morgan fingerprint density at radius 2 is 1.74 bits per heavy atom. The number of rotatable bonds is 4. The van der Waals surface area contributed by atoms with E-state index in [0.717, 1.165) is 12.8 Å². The Hall–Kier alpha value is -3.70. The molecule has 0 radical (unpaired) electrons. The number of nitrogens with zero attached hydrogens (tertiary/aromatic N) is 1. The van der Waals surface area contributed by atoms with Crippen LogP contribution in [0.3, 0.4) is 0 Å². The third-order valence-corrected chi connectivity index (χ3v) is 8.91. The number of carbonyl (C=O) groups excluding carboxylic acids is 4. The van der Waals surface area contributed by atoms with Crippen LogP contribution >= 0.6 is 0 Å². The van der Waals surface area contributed by atoms with Gasteiger partial charge in [-0.15, -0.1) is 0 Å². The Bertz CT molecular complexity index is 1360. The molecule has 6 atom stereocenters. The number of benzene rings is 1. The van der Waals surface area contributed by atoms with E-state index in [2.05, 4.69) is 0 Å². The maximum atomic E-state index is 14.2. The van der Waals surface area contributed by atoms with Gasteiger partial charge in [0.2, 0.25) is 5.78 Å². The van der Waals surface area contributed by atoms with E-state index in [1.165, 1.54) is 25.1 Å². The van der Waals surface area contributed by atoms with Crippen molar-refractivity contribution in [2.24, 2.45) is 23.5 Å². The first kappa shape index (κ1) is 26.9. The molecule has 1 aromatic rings. The molecule has 0 spiro atoms. The molecular weight excluding hydrogens is 508 g/mol. The average molecular weight is 541 g/mol. The first-order chi connectivity index (χ1) is 18.3. The Balaban J connectivity index is 1.81. The third kappa shape index (κ3) is 3.63. The van der Waals surface area contributed by atoms with Crippen molar-refractivity contribution in [1.82, 2.24) is 4.90 Å². The zero-order valence-corrected chi connectivity index (χ0v) is 21.9. The molecule has 1 aromatic carbocycles. The van der Waals surface area contributed by atoms with Crippen LogP contribution in [0.4, 0.5) is 0 Å². The highest BCUT2D eigenvalue weighted by atomic mass is 16.5. The summed E-state index contributed by atoms with van der Waals surface area (Å²) in [5, 5.41) is 45.1. The maximum Gasteiger partial charge on any atom is 0.309 e. The maximum absolute atomic E-state index is 14.2. The van der Waals surface area contributed by atoms with Gasteiger partial charge in [-0.05, 0) is 44.5 Å². The summed E-state index contributed by atoms with van der Waals surface area (Å²) < 4.78 is 6.08. The van der Waals surface area contributed by atoms with Crippen molar-refractivity contribution in [1.29, 1.82) is 0 Å². The van der Waals surface area contributed by atoms with Crippen molar-refractivity contribution < 1.29 is 44.3 Å². The predicted octanol–water partition coefficient (Wildman–Crippen LogP) is 1.24. The number of carbonyl (C=O) groups is 4. The quantitative estimate of drug-likeness (QED) is 0.275. The second-order valence-electron chi connectivity index (χ2n) is 11.2. The number of hydrogen-bond donors (Lipinski definition) is 5. The second kappa shape index (κ2) is 9.20. The lowest BCUT2D eigenvalue weighted by Gasteiger charge is -2.54. The molecule has 0 heterocycles.